The first-order chi connectivity index (χ1) is 14.9. The van der Waals surface area contributed by atoms with Crippen molar-refractivity contribution in [2.75, 3.05) is 31.1 Å². The van der Waals surface area contributed by atoms with E-state index in [9.17, 15) is 18.0 Å². The van der Waals surface area contributed by atoms with E-state index in [-0.39, 0.29) is 30.2 Å². The minimum absolute atomic E-state index is 0.0260. The summed E-state index contributed by atoms with van der Waals surface area (Å²) in [6.45, 7) is 2.69. The zero-order valence-electron chi connectivity index (χ0n) is 18.0. The average molecular weight is 439 g/mol. The fourth-order valence-electron chi connectivity index (χ4n) is 5.43. The number of anilines is 1. The van der Waals surface area contributed by atoms with Gasteiger partial charge in [0, 0.05) is 44.5 Å². The monoisotopic (exact) mass is 438 g/mol. The highest BCUT2D eigenvalue weighted by Gasteiger charge is 2.38. The predicted molar refractivity (Wildman–Crippen MR) is 114 cm³/mol. The number of aromatic nitrogens is 1. The Kier molecular flexibility index (Phi) is 7.04. The van der Waals surface area contributed by atoms with E-state index in [0.29, 0.717) is 25.4 Å². The first kappa shape index (κ1) is 22.4. The summed E-state index contributed by atoms with van der Waals surface area (Å²) in [5, 5.41) is 3.20. The van der Waals surface area contributed by atoms with Crippen LogP contribution >= 0.6 is 0 Å². The topological polar surface area (TPSA) is 48.5 Å². The number of alkyl halides is 3. The molecule has 172 valence electrons. The maximum atomic E-state index is 13.4. The minimum Gasteiger partial charge on any atom is -0.355 e. The predicted octanol–water partition coefficient (Wildman–Crippen LogP) is 4.23. The van der Waals surface area contributed by atoms with E-state index >= 15 is 0 Å². The summed E-state index contributed by atoms with van der Waals surface area (Å²) in [6, 6.07) is 3.15. The molecule has 1 aromatic rings. The number of amides is 1. The molecular weight excluding hydrogens is 405 g/mol. The molecule has 1 amide bonds. The first-order valence-corrected chi connectivity index (χ1v) is 11.7. The van der Waals surface area contributed by atoms with Crippen molar-refractivity contribution < 1.29 is 18.0 Å². The van der Waals surface area contributed by atoms with Gasteiger partial charge in [-0.05, 0) is 44.2 Å². The normalized spacial score (nSPS) is 26.6. The number of hydrogen-bond acceptors (Lipinski definition) is 4. The van der Waals surface area contributed by atoms with E-state index < -0.39 is 11.7 Å². The molecule has 3 fully saturated rings. The van der Waals surface area contributed by atoms with E-state index in [1.165, 1.54) is 50.8 Å². The van der Waals surface area contributed by atoms with Crippen LogP contribution in [0.5, 0.6) is 0 Å². The van der Waals surface area contributed by atoms with Gasteiger partial charge in [-0.1, -0.05) is 25.7 Å². The van der Waals surface area contributed by atoms with Crippen LogP contribution in [0, 0.1) is 5.92 Å². The molecule has 2 atom stereocenters. The first-order valence-electron chi connectivity index (χ1n) is 11.7. The molecule has 31 heavy (non-hydrogen) atoms. The summed E-state index contributed by atoms with van der Waals surface area (Å²) in [6.07, 6.45) is 7.03. The fraction of sp³-hybridized carbons (Fsp3) is 0.739. The zero-order chi connectivity index (χ0) is 21.8. The maximum absolute atomic E-state index is 13.4. The summed E-state index contributed by atoms with van der Waals surface area (Å²) in [7, 11) is 0. The Morgan fingerprint density at radius 3 is 2.52 bits per heavy atom. The molecule has 2 saturated heterocycles. The lowest BCUT2D eigenvalue weighted by Gasteiger charge is -2.34. The van der Waals surface area contributed by atoms with Crippen LogP contribution in [0.4, 0.5) is 19.0 Å². The number of nitrogens with zero attached hydrogens (tertiary/aromatic N) is 3. The lowest BCUT2D eigenvalue weighted by atomic mass is 9.96. The molecule has 1 N–H and O–H groups in total. The Labute approximate surface area is 182 Å². The molecule has 0 radical (unpaired) electrons. The number of carbonyl (C=O) groups excluding carboxylic acids is 1. The zero-order valence-corrected chi connectivity index (χ0v) is 18.0. The maximum Gasteiger partial charge on any atom is 0.419 e. The molecule has 1 saturated carbocycles. The van der Waals surface area contributed by atoms with Crippen molar-refractivity contribution in [3.05, 3.63) is 23.9 Å². The van der Waals surface area contributed by atoms with Gasteiger partial charge >= 0.3 is 6.18 Å². The van der Waals surface area contributed by atoms with Gasteiger partial charge in [-0.25, -0.2) is 4.98 Å². The molecular formula is C23H33F3N4O. The number of pyridine rings is 1. The molecule has 3 aliphatic rings. The number of halogens is 3. The fourth-order valence-corrected chi connectivity index (χ4v) is 5.43. The summed E-state index contributed by atoms with van der Waals surface area (Å²) in [5.74, 6) is -0.390. The average Bonchev–Trinajstić information content (AvgIpc) is 3.05. The van der Waals surface area contributed by atoms with Crippen molar-refractivity contribution in [3.63, 3.8) is 0 Å². The van der Waals surface area contributed by atoms with Crippen molar-refractivity contribution in [3.8, 4) is 0 Å². The van der Waals surface area contributed by atoms with Crippen LogP contribution in [0.25, 0.3) is 0 Å². The number of nitrogens with one attached hydrogen (secondary N) is 1. The largest absolute Gasteiger partial charge is 0.419 e. The van der Waals surface area contributed by atoms with Gasteiger partial charge in [0.15, 0.2) is 0 Å². The molecule has 8 heteroatoms. The Morgan fingerprint density at radius 1 is 1.00 bits per heavy atom. The van der Waals surface area contributed by atoms with Gasteiger partial charge in [-0.2, -0.15) is 13.2 Å². The standard InChI is InChI=1S/C23H33F3N4O/c24-23(25,26)20-10-5-12-27-21(20)30-13-6-7-17(15-30)22(31)28-18-11-14-29(16-18)19-8-3-1-2-4-9-19/h5,10,12,17-19H,1-4,6-9,11,13-16H2,(H,28,31). The van der Waals surface area contributed by atoms with Crippen LogP contribution in [-0.4, -0.2) is 54.1 Å². The van der Waals surface area contributed by atoms with Crippen molar-refractivity contribution in [2.45, 2.75) is 76.0 Å². The second-order valence-corrected chi connectivity index (χ2v) is 9.29. The van der Waals surface area contributed by atoms with Crippen LogP contribution in [0.1, 0.15) is 63.4 Å². The highest BCUT2D eigenvalue weighted by Crippen LogP contribution is 2.36. The summed E-state index contributed by atoms with van der Waals surface area (Å²) in [4.78, 5) is 21.1. The molecule has 2 aliphatic heterocycles. The molecule has 0 spiro atoms. The van der Waals surface area contributed by atoms with E-state index in [4.69, 9.17) is 0 Å². The summed E-state index contributed by atoms with van der Waals surface area (Å²) >= 11 is 0. The van der Waals surface area contributed by atoms with Crippen LogP contribution in [0.3, 0.4) is 0 Å². The third-order valence-electron chi connectivity index (χ3n) is 7.09. The molecule has 4 rings (SSSR count). The van der Waals surface area contributed by atoms with Gasteiger partial charge in [0.2, 0.25) is 5.91 Å². The van der Waals surface area contributed by atoms with E-state index in [2.05, 4.69) is 15.2 Å². The van der Waals surface area contributed by atoms with E-state index in [0.717, 1.165) is 25.6 Å². The third-order valence-corrected chi connectivity index (χ3v) is 7.09. The van der Waals surface area contributed by atoms with Gasteiger partial charge in [-0.15, -0.1) is 0 Å². The number of rotatable bonds is 4. The molecule has 5 nitrogen and oxygen atoms in total. The second-order valence-electron chi connectivity index (χ2n) is 9.29. The number of piperidine rings is 1. The number of likely N-dealkylation sites (tertiary alicyclic amines) is 1. The minimum atomic E-state index is -4.45. The van der Waals surface area contributed by atoms with Gasteiger partial charge in [0.25, 0.3) is 0 Å². The smallest absolute Gasteiger partial charge is 0.355 e. The SMILES string of the molecule is O=C(NC1CCN(C2CCCCCC2)C1)C1CCCN(c2ncccc2C(F)(F)F)C1. The molecule has 1 aromatic heterocycles. The molecule has 3 heterocycles. The second kappa shape index (κ2) is 9.76. The number of carbonyl (C=O) groups is 1. The van der Waals surface area contributed by atoms with Gasteiger partial charge in [-0.3, -0.25) is 9.69 Å². The van der Waals surface area contributed by atoms with Crippen LogP contribution in [0.2, 0.25) is 0 Å². The lowest BCUT2D eigenvalue weighted by molar-refractivity contribution is -0.137. The van der Waals surface area contributed by atoms with Crippen molar-refractivity contribution in [1.82, 2.24) is 15.2 Å². The molecule has 0 bridgehead atoms. The van der Waals surface area contributed by atoms with Crippen molar-refractivity contribution in [1.29, 1.82) is 0 Å². The highest BCUT2D eigenvalue weighted by atomic mass is 19.4. The summed E-state index contributed by atoms with van der Waals surface area (Å²) in [5.41, 5.74) is -0.731. The highest BCUT2D eigenvalue weighted by molar-refractivity contribution is 5.80. The molecule has 0 aromatic carbocycles. The Morgan fingerprint density at radius 2 is 1.77 bits per heavy atom. The Bertz CT molecular complexity index is 749. The molecule has 1 aliphatic carbocycles. The Hall–Kier alpha value is -1.83. The third kappa shape index (κ3) is 5.51. The van der Waals surface area contributed by atoms with Crippen LogP contribution in [-0.2, 0) is 11.0 Å². The quantitative estimate of drug-likeness (QED) is 0.715. The van der Waals surface area contributed by atoms with Crippen LogP contribution < -0.4 is 10.2 Å². The van der Waals surface area contributed by atoms with Crippen molar-refractivity contribution in [2.24, 2.45) is 5.92 Å². The lowest BCUT2D eigenvalue weighted by Crippen LogP contribution is -2.47. The van der Waals surface area contributed by atoms with Gasteiger partial charge in [0.05, 0.1) is 11.5 Å². The van der Waals surface area contributed by atoms with Gasteiger partial charge < -0.3 is 10.2 Å². The van der Waals surface area contributed by atoms with E-state index in [1.807, 2.05) is 0 Å². The molecule has 2 unspecified atom stereocenters. The van der Waals surface area contributed by atoms with Crippen molar-refractivity contribution >= 4 is 11.7 Å². The van der Waals surface area contributed by atoms with E-state index in [1.54, 1.807) is 4.90 Å². The number of hydrogen-bond donors (Lipinski definition) is 1. The Balaban J connectivity index is 1.34. The van der Waals surface area contributed by atoms with Gasteiger partial charge in [0.1, 0.15) is 5.82 Å². The summed E-state index contributed by atoms with van der Waals surface area (Å²) < 4.78 is 40.2. The van der Waals surface area contributed by atoms with Crippen LogP contribution in [0.15, 0.2) is 18.3 Å².